The Morgan fingerprint density at radius 3 is 2.57 bits per heavy atom. The normalized spacial score (nSPS) is 10.6. The molecule has 0 radical (unpaired) electrons. The summed E-state index contributed by atoms with van der Waals surface area (Å²) in [5.74, 6) is -0.245. The number of hydrogen-bond acceptors (Lipinski definition) is 6. The standard InChI is InChI=1S/C25H18N8O2/c26-14-16-9-10-19(18(11-16)24-30-32-33-31-24)29-25(35)21-13-17-7-4-8-20(23(17)28-21)27-22(34)12-15-5-2-1-3-6-15/h1-11,13,28H,12H2,(H,27,34)(H,29,35)(H,30,31,32,33). The number of tetrazole rings is 1. The Morgan fingerprint density at radius 2 is 1.80 bits per heavy atom. The zero-order chi connectivity index (χ0) is 24.2. The van der Waals surface area contributed by atoms with Crippen LogP contribution in [-0.2, 0) is 11.2 Å². The predicted octanol–water partition coefficient (Wildman–Crippen LogP) is 3.65. The molecule has 0 aliphatic carbocycles. The first-order valence-electron chi connectivity index (χ1n) is 10.7. The van der Waals surface area contributed by atoms with Crippen LogP contribution in [0.25, 0.3) is 22.3 Å². The largest absolute Gasteiger partial charge is 0.349 e. The van der Waals surface area contributed by atoms with E-state index < -0.39 is 5.91 Å². The van der Waals surface area contributed by atoms with Gasteiger partial charge in [-0.3, -0.25) is 9.59 Å². The summed E-state index contributed by atoms with van der Waals surface area (Å²) >= 11 is 0. The number of amides is 2. The summed E-state index contributed by atoms with van der Waals surface area (Å²) < 4.78 is 0. The third-order valence-electron chi connectivity index (χ3n) is 5.38. The van der Waals surface area contributed by atoms with Gasteiger partial charge in [-0.05, 0) is 46.3 Å². The molecule has 0 saturated carbocycles. The summed E-state index contributed by atoms with van der Waals surface area (Å²) in [6.07, 6.45) is 0.239. The van der Waals surface area contributed by atoms with Gasteiger partial charge >= 0.3 is 0 Å². The Balaban J connectivity index is 1.39. The van der Waals surface area contributed by atoms with E-state index in [1.54, 1.807) is 30.3 Å². The van der Waals surface area contributed by atoms with Gasteiger partial charge in [-0.15, -0.1) is 5.10 Å². The molecule has 0 saturated heterocycles. The SMILES string of the molecule is N#Cc1ccc(NC(=O)c2cc3cccc(NC(=O)Cc4ccccc4)c3[nH]2)c(-c2nnn[nH]2)c1. The van der Waals surface area contributed by atoms with Crippen molar-refractivity contribution >= 4 is 34.1 Å². The summed E-state index contributed by atoms with van der Waals surface area (Å²) in [5, 5.41) is 29.4. The van der Waals surface area contributed by atoms with Crippen molar-refractivity contribution in [3.8, 4) is 17.5 Å². The Hall–Kier alpha value is -5.30. The highest BCUT2D eigenvalue weighted by Crippen LogP contribution is 2.28. The molecule has 0 fully saturated rings. The number of nitrogens with one attached hydrogen (secondary N) is 4. The van der Waals surface area contributed by atoms with E-state index in [4.69, 9.17) is 0 Å². The maximum atomic E-state index is 13.1. The van der Waals surface area contributed by atoms with Crippen LogP contribution in [0.2, 0.25) is 0 Å². The second-order valence-corrected chi connectivity index (χ2v) is 7.74. The Bertz CT molecular complexity index is 1570. The Kier molecular flexibility index (Phi) is 5.71. The zero-order valence-electron chi connectivity index (χ0n) is 18.2. The molecule has 0 spiro atoms. The number of hydrogen-bond donors (Lipinski definition) is 4. The van der Waals surface area contributed by atoms with Crippen LogP contribution >= 0.6 is 0 Å². The fourth-order valence-corrected chi connectivity index (χ4v) is 3.74. The molecule has 2 aromatic heterocycles. The topological polar surface area (TPSA) is 152 Å². The lowest BCUT2D eigenvalue weighted by atomic mass is 10.1. The summed E-state index contributed by atoms with van der Waals surface area (Å²) in [4.78, 5) is 28.7. The highest BCUT2D eigenvalue weighted by Gasteiger charge is 2.17. The summed E-state index contributed by atoms with van der Waals surface area (Å²) in [7, 11) is 0. The summed E-state index contributed by atoms with van der Waals surface area (Å²) in [6, 6.07) is 23.5. The monoisotopic (exact) mass is 462 g/mol. The number of aromatic nitrogens is 5. The molecule has 5 rings (SSSR count). The van der Waals surface area contributed by atoms with E-state index in [1.165, 1.54) is 0 Å². The van der Waals surface area contributed by atoms with Gasteiger partial charge in [0.05, 0.1) is 34.9 Å². The number of fused-ring (bicyclic) bond motifs is 1. The lowest BCUT2D eigenvalue weighted by Crippen LogP contribution is -2.15. The minimum atomic E-state index is -0.402. The van der Waals surface area contributed by atoms with Gasteiger partial charge < -0.3 is 15.6 Å². The van der Waals surface area contributed by atoms with Crippen molar-refractivity contribution in [1.82, 2.24) is 25.6 Å². The smallest absolute Gasteiger partial charge is 0.272 e. The van der Waals surface area contributed by atoms with E-state index in [-0.39, 0.29) is 12.3 Å². The number of benzene rings is 3. The van der Waals surface area contributed by atoms with E-state index in [2.05, 4.69) is 42.3 Å². The quantitative estimate of drug-likeness (QED) is 0.302. The first-order valence-corrected chi connectivity index (χ1v) is 10.7. The number of para-hydroxylation sites is 1. The molecule has 0 aliphatic rings. The van der Waals surface area contributed by atoms with Crippen molar-refractivity contribution in [1.29, 1.82) is 5.26 Å². The van der Waals surface area contributed by atoms with Crippen LogP contribution in [0.4, 0.5) is 11.4 Å². The molecule has 170 valence electrons. The highest BCUT2D eigenvalue weighted by molar-refractivity contribution is 6.09. The van der Waals surface area contributed by atoms with Crippen LogP contribution in [-0.4, -0.2) is 37.4 Å². The molecule has 3 aromatic carbocycles. The van der Waals surface area contributed by atoms with Crippen molar-refractivity contribution in [2.45, 2.75) is 6.42 Å². The maximum absolute atomic E-state index is 13.1. The highest BCUT2D eigenvalue weighted by atomic mass is 16.2. The van der Waals surface area contributed by atoms with E-state index in [1.807, 2.05) is 42.5 Å². The average molecular weight is 462 g/mol. The van der Waals surface area contributed by atoms with Gasteiger partial charge in [0.2, 0.25) is 5.91 Å². The van der Waals surface area contributed by atoms with E-state index in [9.17, 15) is 14.9 Å². The first kappa shape index (κ1) is 21.5. The molecule has 0 aliphatic heterocycles. The number of H-pyrrole nitrogens is 2. The molecular weight excluding hydrogens is 444 g/mol. The van der Waals surface area contributed by atoms with Gasteiger partial charge in [0.15, 0.2) is 5.82 Å². The van der Waals surface area contributed by atoms with Gasteiger partial charge in [0.25, 0.3) is 5.91 Å². The van der Waals surface area contributed by atoms with Crippen molar-refractivity contribution in [3.05, 3.63) is 89.6 Å². The van der Waals surface area contributed by atoms with Crippen molar-refractivity contribution in [2.75, 3.05) is 10.6 Å². The minimum Gasteiger partial charge on any atom is -0.349 e. The van der Waals surface area contributed by atoms with E-state index in [0.29, 0.717) is 39.5 Å². The predicted molar refractivity (Wildman–Crippen MR) is 129 cm³/mol. The Morgan fingerprint density at radius 1 is 0.943 bits per heavy atom. The lowest BCUT2D eigenvalue weighted by Gasteiger charge is -2.09. The van der Waals surface area contributed by atoms with Gasteiger partial charge in [-0.2, -0.15) is 5.26 Å². The molecule has 10 heteroatoms. The zero-order valence-corrected chi connectivity index (χ0v) is 18.2. The molecule has 2 heterocycles. The van der Waals surface area contributed by atoms with E-state index in [0.717, 1.165) is 10.9 Å². The van der Waals surface area contributed by atoms with Crippen LogP contribution in [0.1, 0.15) is 21.6 Å². The van der Waals surface area contributed by atoms with Crippen molar-refractivity contribution in [3.63, 3.8) is 0 Å². The summed E-state index contributed by atoms with van der Waals surface area (Å²) in [6.45, 7) is 0. The Labute approximate surface area is 199 Å². The van der Waals surface area contributed by atoms with Gasteiger partial charge in [-0.25, -0.2) is 5.10 Å². The van der Waals surface area contributed by atoms with Crippen LogP contribution in [0.3, 0.4) is 0 Å². The second kappa shape index (κ2) is 9.29. The third-order valence-corrected chi connectivity index (χ3v) is 5.38. The minimum absolute atomic E-state index is 0.160. The number of nitriles is 1. The average Bonchev–Trinajstić information content (AvgIpc) is 3.56. The fraction of sp³-hybridized carbons (Fsp3) is 0.0400. The molecule has 0 atom stereocenters. The van der Waals surface area contributed by atoms with Crippen molar-refractivity contribution in [2.24, 2.45) is 0 Å². The number of carbonyl (C=O) groups excluding carboxylic acids is 2. The van der Waals surface area contributed by atoms with Crippen LogP contribution in [0.15, 0.2) is 72.8 Å². The van der Waals surface area contributed by atoms with Crippen LogP contribution < -0.4 is 10.6 Å². The number of rotatable bonds is 6. The first-order chi connectivity index (χ1) is 17.1. The molecule has 5 aromatic rings. The summed E-state index contributed by atoms with van der Waals surface area (Å²) in [5.41, 5.74) is 3.73. The number of aromatic amines is 2. The molecule has 2 amide bonds. The lowest BCUT2D eigenvalue weighted by molar-refractivity contribution is -0.115. The third kappa shape index (κ3) is 4.60. The van der Waals surface area contributed by atoms with Crippen LogP contribution in [0.5, 0.6) is 0 Å². The maximum Gasteiger partial charge on any atom is 0.272 e. The molecule has 35 heavy (non-hydrogen) atoms. The molecule has 10 nitrogen and oxygen atoms in total. The number of carbonyl (C=O) groups is 2. The molecule has 0 unspecified atom stereocenters. The van der Waals surface area contributed by atoms with Crippen molar-refractivity contribution < 1.29 is 9.59 Å². The second-order valence-electron chi connectivity index (χ2n) is 7.74. The molecule has 4 N–H and O–H groups in total. The van der Waals surface area contributed by atoms with Gasteiger partial charge in [0, 0.05) is 10.9 Å². The molecule has 0 bridgehead atoms. The fourth-order valence-electron chi connectivity index (χ4n) is 3.74. The number of nitrogens with zero attached hydrogens (tertiary/aromatic N) is 4. The van der Waals surface area contributed by atoms with Gasteiger partial charge in [-0.1, -0.05) is 42.5 Å². The van der Waals surface area contributed by atoms with E-state index >= 15 is 0 Å². The number of anilines is 2. The molecular formula is C25H18N8O2. The van der Waals surface area contributed by atoms with Crippen LogP contribution in [0, 0.1) is 11.3 Å². The van der Waals surface area contributed by atoms with Gasteiger partial charge in [0.1, 0.15) is 5.69 Å².